The quantitative estimate of drug-likeness (QED) is 0.547. The van der Waals surface area contributed by atoms with E-state index >= 15 is 0 Å². The first-order valence-corrected chi connectivity index (χ1v) is 3.88. The van der Waals surface area contributed by atoms with Crippen LogP contribution in [0.4, 0.5) is 0 Å². The molecule has 1 rings (SSSR count). The molecule has 0 amide bonds. The Kier molecular flexibility index (Phi) is 3.32. The van der Waals surface area contributed by atoms with Crippen LogP contribution < -0.4 is 10.9 Å². The molecule has 0 aromatic heterocycles. The van der Waals surface area contributed by atoms with Gasteiger partial charge in [-0.05, 0) is 12.8 Å². The molecule has 4 heteroatoms. The number of esters is 1. The Morgan fingerprint density at radius 3 is 3.09 bits per heavy atom. The van der Waals surface area contributed by atoms with E-state index < -0.39 is 0 Å². The summed E-state index contributed by atoms with van der Waals surface area (Å²) in [5.41, 5.74) is 6.04. The Morgan fingerprint density at radius 2 is 2.55 bits per heavy atom. The lowest BCUT2D eigenvalue weighted by Crippen LogP contribution is -2.46. The first-order chi connectivity index (χ1) is 5.33. The van der Waals surface area contributed by atoms with E-state index in [2.05, 4.69) is 15.6 Å². The maximum atomic E-state index is 10.8. The molecule has 4 nitrogen and oxygen atoms in total. The molecular weight excluding hydrogens is 144 g/mol. The molecule has 1 heterocycles. The van der Waals surface area contributed by atoms with Gasteiger partial charge in [-0.1, -0.05) is 0 Å². The van der Waals surface area contributed by atoms with Crippen LogP contribution in [0.5, 0.6) is 0 Å². The molecule has 1 aliphatic heterocycles. The lowest BCUT2D eigenvalue weighted by Gasteiger charge is -2.22. The number of carbonyl (C=O) groups excluding carboxylic acids is 1. The van der Waals surface area contributed by atoms with Gasteiger partial charge in [0.25, 0.3) is 0 Å². The summed E-state index contributed by atoms with van der Waals surface area (Å²) >= 11 is 0. The molecule has 1 saturated heterocycles. The molecule has 0 unspecified atom stereocenters. The predicted octanol–water partition coefficient (Wildman–Crippen LogP) is -0.194. The zero-order valence-electron chi connectivity index (χ0n) is 6.72. The van der Waals surface area contributed by atoms with Gasteiger partial charge in [0.15, 0.2) is 0 Å². The Hall–Kier alpha value is -0.610. The number of methoxy groups -OCH3 is 1. The summed E-state index contributed by atoms with van der Waals surface area (Å²) in [6, 6.07) is 0.246. The molecule has 2 N–H and O–H groups in total. The smallest absolute Gasteiger partial charge is 0.307 e. The largest absolute Gasteiger partial charge is 0.469 e. The second kappa shape index (κ2) is 4.31. The lowest BCUT2D eigenvalue weighted by molar-refractivity contribution is -0.141. The molecule has 64 valence electrons. The van der Waals surface area contributed by atoms with E-state index in [0.29, 0.717) is 6.42 Å². The maximum absolute atomic E-state index is 10.8. The van der Waals surface area contributed by atoms with Gasteiger partial charge in [-0.15, -0.1) is 0 Å². The van der Waals surface area contributed by atoms with Crippen LogP contribution >= 0.6 is 0 Å². The van der Waals surface area contributed by atoms with Gasteiger partial charge in [-0.3, -0.25) is 15.6 Å². The highest BCUT2D eigenvalue weighted by atomic mass is 16.5. The molecule has 1 fully saturated rings. The fraction of sp³-hybridized carbons (Fsp3) is 0.857. The molecule has 11 heavy (non-hydrogen) atoms. The Labute approximate surface area is 66.3 Å². The molecule has 0 radical (unpaired) electrons. The summed E-state index contributed by atoms with van der Waals surface area (Å²) in [6.45, 7) is 0.984. The van der Waals surface area contributed by atoms with Crippen LogP contribution in [0.25, 0.3) is 0 Å². The third kappa shape index (κ3) is 2.86. The maximum Gasteiger partial charge on any atom is 0.307 e. The molecular formula is C7H14N2O2. The van der Waals surface area contributed by atoms with E-state index in [4.69, 9.17) is 0 Å². The van der Waals surface area contributed by atoms with Gasteiger partial charge in [0.2, 0.25) is 0 Å². The van der Waals surface area contributed by atoms with E-state index in [-0.39, 0.29) is 12.0 Å². The number of ether oxygens (including phenoxy) is 1. The molecule has 0 bridgehead atoms. The molecule has 0 saturated carbocycles. The second-order valence-corrected chi connectivity index (χ2v) is 2.69. The molecule has 1 aliphatic rings. The monoisotopic (exact) mass is 158 g/mol. The van der Waals surface area contributed by atoms with Gasteiger partial charge >= 0.3 is 5.97 Å². The van der Waals surface area contributed by atoms with Crippen molar-refractivity contribution in [3.63, 3.8) is 0 Å². The standard InChI is InChI=1S/C7H14N2O2/c1-11-7(10)5-6-3-2-4-8-9-6/h6,8-9H,2-5H2,1H3/t6-/m0/s1. The van der Waals surface area contributed by atoms with Gasteiger partial charge in [-0.2, -0.15) is 0 Å². The van der Waals surface area contributed by atoms with Crippen LogP contribution in [0.1, 0.15) is 19.3 Å². The minimum Gasteiger partial charge on any atom is -0.469 e. The van der Waals surface area contributed by atoms with Crippen LogP contribution in [0.15, 0.2) is 0 Å². The normalized spacial score (nSPS) is 24.6. The summed E-state index contributed by atoms with van der Waals surface area (Å²) < 4.78 is 4.55. The summed E-state index contributed by atoms with van der Waals surface area (Å²) in [6.07, 6.45) is 2.63. The van der Waals surface area contributed by atoms with Gasteiger partial charge in [-0.25, -0.2) is 0 Å². The summed E-state index contributed by atoms with van der Waals surface area (Å²) in [5, 5.41) is 0. The molecule has 0 aliphatic carbocycles. The summed E-state index contributed by atoms with van der Waals surface area (Å²) in [7, 11) is 1.42. The third-order valence-corrected chi connectivity index (χ3v) is 1.80. The highest BCUT2D eigenvalue weighted by molar-refractivity contribution is 5.69. The number of hydrogen-bond donors (Lipinski definition) is 2. The van der Waals surface area contributed by atoms with Crippen molar-refractivity contribution >= 4 is 5.97 Å². The van der Waals surface area contributed by atoms with Crippen molar-refractivity contribution in [2.75, 3.05) is 13.7 Å². The van der Waals surface area contributed by atoms with Gasteiger partial charge in [0.1, 0.15) is 0 Å². The third-order valence-electron chi connectivity index (χ3n) is 1.80. The fourth-order valence-electron chi connectivity index (χ4n) is 1.16. The molecule has 1 atom stereocenters. The molecule has 0 spiro atoms. The Balaban J connectivity index is 2.19. The van der Waals surface area contributed by atoms with Crippen molar-refractivity contribution in [3.05, 3.63) is 0 Å². The van der Waals surface area contributed by atoms with Crippen molar-refractivity contribution in [2.24, 2.45) is 0 Å². The van der Waals surface area contributed by atoms with E-state index in [1.807, 2.05) is 0 Å². The van der Waals surface area contributed by atoms with Crippen molar-refractivity contribution < 1.29 is 9.53 Å². The SMILES string of the molecule is COC(=O)C[C@@H]1CCCNN1. The van der Waals surface area contributed by atoms with E-state index in [1.54, 1.807) is 0 Å². The highest BCUT2D eigenvalue weighted by Crippen LogP contribution is 2.04. The van der Waals surface area contributed by atoms with Crippen LogP contribution in [-0.4, -0.2) is 25.7 Å². The molecule has 0 aromatic rings. The number of hydrogen-bond acceptors (Lipinski definition) is 4. The Bertz CT molecular complexity index is 132. The van der Waals surface area contributed by atoms with Gasteiger partial charge in [0, 0.05) is 12.6 Å². The van der Waals surface area contributed by atoms with Crippen LogP contribution in [0, 0.1) is 0 Å². The topological polar surface area (TPSA) is 50.4 Å². The summed E-state index contributed by atoms with van der Waals surface area (Å²) in [4.78, 5) is 10.8. The average Bonchev–Trinajstić information content (AvgIpc) is 2.06. The summed E-state index contributed by atoms with van der Waals surface area (Å²) in [5.74, 6) is -0.147. The number of hydrazine groups is 1. The highest BCUT2D eigenvalue weighted by Gasteiger charge is 2.15. The van der Waals surface area contributed by atoms with Crippen molar-refractivity contribution in [3.8, 4) is 0 Å². The molecule has 0 aromatic carbocycles. The Morgan fingerprint density at radius 1 is 1.73 bits per heavy atom. The average molecular weight is 158 g/mol. The van der Waals surface area contributed by atoms with Gasteiger partial charge < -0.3 is 4.74 Å². The second-order valence-electron chi connectivity index (χ2n) is 2.69. The van der Waals surface area contributed by atoms with Crippen LogP contribution in [0.2, 0.25) is 0 Å². The lowest BCUT2D eigenvalue weighted by atomic mass is 10.1. The van der Waals surface area contributed by atoms with Crippen LogP contribution in [0.3, 0.4) is 0 Å². The fourth-order valence-corrected chi connectivity index (χ4v) is 1.16. The van der Waals surface area contributed by atoms with E-state index in [9.17, 15) is 4.79 Å². The number of rotatable bonds is 2. The van der Waals surface area contributed by atoms with Crippen molar-refractivity contribution in [1.29, 1.82) is 0 Å². The van der Waals surface area contributed by atoms with Crippen LogP contribution in [-0.2, 0) is 9.53 Å². The predicted molar refractivity (Wildman–Crippen MR) is 40.8 cm³/mol. The van der Waals surface area contributed by atoms with Crippen molar-refractivity contribution in [2.45, 2.75) is 25.3 Å². The minimum atomic E-state index is -0.147. The van der Waals surface area contributed by atoms with Gasteiger partial charge in [0.05, 0.1) is 13.5 Å². The first-order valence-electron chi connectivity index (χ1n) is 3.88. The zero-order chi connectivity index (χ0) is 8.10. The van der Waals surface area contributed by atoms with Crippen molar-refractivity contribution in [1.82, 2.24) is 10.9 Å². The first kappa shape index (κ1) is 8.49. The zero-order valence-corrected chi connectivity index (χ0v) is 6.72. The minimum absolute atomic E-state index is 0.147. The number of carbonyl (C=O) groups is 1. The number of nitrogens with one attached hydrogen (secondary N) is 2. The van der Waals surface area contributed by atoms with E-state index in [0.717, 1.165) is 19.4 Å². The van der Waals surface area contributed by atoms with E-state index in [1.165, 1.54) is 7.11 Å².